The lowest BCUT2D eigenvalue weighted by Crippen LogP contribution is -2.28. The molecule has 1 amide bonds. The fourth-order valence-electron chi connectivity index (χ4n) is 2.21. The molecule has 8 heteroatoms. The summed E-state index contributed by atoms with van der Waals surface area (Å²) in [5, 5.41) is 6.62. The molecule has 0 saturated heterocycles. The minimum atomic E-state index is -0.285. The number of anilines is 2. The van der Waals surface area contributed by atoms with Gasteiger partial charge in [-0.05, 0) is 23.8 Å². The van der Waals surface area contributed by atoms with Gasteiger partial charge in [0, 0.05) is 25.9 Å². The molecule has 0 saturated carbocycles. The number of halogens is 3. The van der Waals surface area contributed by atoms with Crippen LogP contribution in [-0.2, 0) is 16.1 Å². The average molecular weight is 421 g/mol. The molecule has 0 bridgehead atoms. The molecular weight excluding hydrogens is 397 g/mol. The molecule has 2 aromatic rings. The molecule has 1 unspecified atom stereocenters. The van der Waals surface area contributed by atoms with Crippen LogP contribution in [0, 0.1) is 0 Å². The van der Waals surface area contributed by atoms with Crippen molar-refractivity contribution in [1.29, 1.82) is 0 Å². The molecule has 0 fully saturated rings. The van der Waals surface area contributed by atoms with Crippen molar-refractivity contribution < 1.29 is 9.53 Å². The molecule has 0 aromatic heterocycles. The van der Waals surface area contributed by atoms with Gasteiger partial charge in [0.1, 0.15) is 0 Å². The largest absolute Gasteiger partial charge is 0.380 e. The van der Waals surface area contributed by atoms with Gasteiger partial charge in [-0.25, -0.2) is 0 Å². The predicted octanol–water partition coefficient (Wildman–Crippen LogP) is 4.10. The van der Waals surface area contributed by atoms with Crippen molar-refractivity contribution in [2.75, 3.05) is 24.3 Å². The summed E-state index contributed by atoms with van der Waals surface area (Å²) < 4.78 is 5.10. The molecule has 0 aliphatic carbocycles. The lowest BCUT2D eigenvalue weighted by molar-refractivity contribution is -0.118. The van der Waals surface area contributed by atoms with E-state index in [1.165, 1.54) is 12.7 Å². The van der Waals surface area contributed by atoms with E-state index in [0.29, 0.717) is 23.8 Å². The Hall–Kier alpha value is -1.50. The van der Waals surface area contributed by atoms with Crippen LogP contribution in [0.15, 0.2) is 48.5 Å². The molecule has 26 heavy (non-hydrogen) atoms. The lowest BCUT2D eigenvalue weighted by Gasteiger charge is -2.14. The smallest absolute Gasteiger partial charge is 0.227 e. The van der Waals surface area contributed by atoms with Crippen molar-refractivity contribution >= 4 is 53.7 Å². The molecule has 0 spiro atoms. The third-order valence-electron chi connectivity index (χ3n) is 3.59. The second-order valence-corrected chi connectivity index (χ2v) is 5.79. The highest BCUT2D eigenvalue weighted by Gasteiger charge is 2.12. The summed E-state index contributed by atoms with van der Waals surface area (Å²) in [6, 6.07) is 15.4. The molecular formula is C18H24Cl3N3O2. The highest BCUT2D eigenvalue weighted by molar-refractivity contribution is 6.33. The number of nitrogens with one attached hydrogen (secondary N) is 2. The van der Waals surface area contributed by atoms with Crippen LogP contribution in [0.1, 0.15) is 12.0 Å². The normalized spacial score (nSPS) is 10.9. The molecule has 0 heterocycles. The summed E-state index contributed by atoms with van der Waals surface area (Å²) in [4.78, 5) is 11.9. The Morgan fingerprint density at radius 3 is 2.46 bits per heavy atom. The maximum atomic E-state index is 11.9. The molecule has 0 radical (unpaired) electrons. The predicted molar refractivity (Wildman–Crippen MR) is 113 cm³/mol. The van der Waals surface area contributed by atoms with Crippen molar-refractivity contribution in [3.05, 3.63) is 59.1 Å². The van der Waals surface area contributed by atoms with Crippen LogP contribution in [0.3, 0.4) is 0 Å². The van der Waals surface area contributed by atoms with Crippen molar-refractivity contribution in [1.82, 2.24) is 0 Å². The Labute approximate surface area is 171 Å². The van der Waals surface area contributed by atoms with Gasteiger partial charge in [0.15, 0.2) is 0 Å². The highest BCUT2D eigenvalue weighted by atomic mass is 35.5. The Morgan fingerprint density at radius 1 is 1.19 bits per heavy atom. The third-order valence-corrected chi connectivity index (χ3v) is 3.90. The summed E-state index contributed by atoms with van der Waals surface area (Å²) in [5.41, 5.74) is 8.14. The van der Waals surface area contributed by atoms with Crippen molar-refractivity contribution in [2.45, 2.75) is 19.1 Å². The van der Waals surface area contributed by atoms with E-state index in [-0.39, 0.29) is 43.2 Å². The van der Waals surface area contributed by atoms with Gasteiger partial charge >= 0.3 is 0 Å². The number of hydrogen-bond acceptors (Lipinski definition) is 4. The lowest BCUT2D eigenvalue weighted by atomic mass is 10.2. The molecule has 0 aliphatic heterocycles. The summed E-state index contributed by atoms with van der Waals surface area (Å²) in [6.07, 6.45) is -0.0780. The minimum Gasteiger partial charge on any atom is -0.380 e. The summed E-state index contributed by atoms with van der Waals surface area (Å²) in [6.45, 7) is 0.977. The SMILES string of the molecule is COC(CN)CC(=O)Nc1ccc(NCc2ccccc2)c(Cl)c1.Cl.Cl. The summed E-state index contributed by atoms with van der Waals surface area (Å²) in [5.74, 6) is -0.159. The molecule has 1 atom stereocenters. The van der Waals surface area contributed by atoms with Crippen molar-refractivity contribution in [3.8, 4) is 0 Å². The Kier molecular flexibility index (Phi) is 12.1. The number of rotatable bonds is 8. The maximum Gasteiger partial charge on any atom is 0.227 e. The summed E-state index contributed by atoms with van der Waals surface area (Å²) >= 11 is 6.28. The molecule has 5 nitrogen and oxygen atoms in total. The fourth-order valence-corrected chi connectivity index (χ4v) is 2.46. The van der Waals surface area contributed by atoms with E-state index in [4.69, 9.17) is 22.1 Å². The number of benzene rings is 2. The maximum absolute atomic E-state index is 11.9. The standard InChI is InChI=1S/C18H22ClN3O2.2ClH/c1-24-15(11-20)10-18(23)22-14-7-8-17(16(19)9-14)21-12-13-5-3-2-4-6-13;;/h2-9,15,21H,10-12,20H2,1H3,(H,22,23);2*1H. The van der Waals surface area contributed by atoms with Crippen LogP contribution < -0.4 is 16.4 Å². The molecule has 4 N–H and O–H groups in total. The van der Waals surface area contributed by atoms with Crippen LogP contribution in [0.25, 0.3) is 0 Å². The van der Waals surface area contributed by atoms with Gasteiger partial charge in [-0.1, -0.05) is 41.9 Å². The molecule has 144 valence electrons. The number of hydrogen-bond donors (Lipinski definition) is 3. The van der Waals surface area contributed by atoms with Gasteiger partial charge in [0.05, 0.1) is 23.2 Å². The zero-order valence-electron chi connectivity index (χ0n) is 14.4. The fraction of sp³-hybridized carbons (Fsp3) is 0.278. The number of carbonyl (C=O) groups excluding carboxylic acids is 1. The zero-order valence-corrected chi connectivity index (χ0v) is 16.8. The van der Waals surface area contributed by atoms with Crippen LogP contribution in [-0.4, -0.2) is 25.7 Å². The second-order valence-electron chi connectivity index (χ2n) is 5.38. The van der Waals surface area contributed by atoms with Crippen LogP contribution in [0.4, 0.5) is 11.4 Å². The molecule has 2 aromatic carbocycles. The highest BCUT2D eigenvalue weighted by Crippen LogP contribution is 2.26. The van der Waals surface area contributed by atoms with E-state index in [1.807, 2.05) is 36.4 Å². The van der Waals surface area contributed by atoms with E-state index in [2.05, 4.69) is 10.6 Å². The second kappa shape index (κ2) is 12.8. The van der Waals surface area contributed by atoms with Gasteiger partial charge in [-0.3, -0.25) is 4.79 Å². The first kappa shape index (κ1) is 24.5. The Morgan fingerprint density at radius 2 is 1.88 bits per heavy atom. The Bertz CT molecular complexity index is 668. The Balaban J connectivity index is 0.00000312. The number of nitrogens with two attached hydrogens (primary N) is 1. The monoisotopic (exact) mass is 419 g/mol. The van der Waals surface area contributed by atoms with E-state index < -0.39 is 0 Å². The van der Waals surface area contributed by atoms with E-state index in [0.717, 1.165) is 5.69 Å². The van der Waals surface area contributed by atoms with Gasteiger partial charge < -0.3 is 21.1 Å². The third kappa shape index (κ3) is 7.81. The molecule has 0 aliphatic rings. The number of carbonyl (C=O) groups is 1. The van der Waals surface area contributed by atoms with Crippen LogP contribution in [0.5, 0.6) is 0 Å². The molecule has 2 rings (SSSR count). The first-order valence-corrected chi connectivity index (χ1v) is 8.10. The quantitative estimate of drug-likeness (QED) is 0.601. The van der Waals surface area contributed by atoms with Gasteiger partial charge in [0.2, 0.25) is 5.91 Å². The number of methoxy groups -OCH3 is 1. The first-order valence-electron chi connectivity index (χ1n) is 7.72. The van der Waals surface area contributed by atoms with E-state index >= 15 is 0 Å². The minimum absolute atomic E-state index is 0. The van der Waals surface area contributed by atoms with Gasteiger partial charge in [-0.15, -0.1) is 24.8 Å². The number of ether oxygens (including phenoxy) is 1. The van der Waals surface area contributed by atoms with Crippen molar-refractivity contribution in [3.63, 3.8) is 0 Å². The van der Waals surface area contributed by atoms with E-state index in [9.17, 15) is 4.79 Å². The summed E-state index contributed by atoms with van der Waals surface area (Å²) in [7, 11) is 1.54. The first-order chi connectivity index (χ1) is 11.6. The van der Waals surface area contributed by atoms with Gasteiger partial charge in [-0.2, -0.15) is 0 Å². The van der Waals surface area contributed by atoms with Crippen LogP contribution in [0.2, 0.25) is 5.02 Å². The van der Waals surface area contributed by atoms with Crippen LogP contribution >= 0.6 is 36.4 Å². The zero-order chi connectivity index (χ0) is 17.4. The van der Waals surface area contributed by atoms with E-state index in [1.54, 1.807) is 12.1 Å². The number of amides is 1. The van der Waals surface area contributed by atoms with Crippen molar-refractivity contribution in [2.24, 2.45) is 5.73 Å². The topological polar surface area (TPSA) is 76.4 Å². The van der Waals surface area contributed by atoms with Gasteiger partial charge in [0.25, 0.3) is 0 Å². The average Bonchev–Trinajstić information content (AvgIpc) is 2.60.